The van der Waals surface area contributed by atoms with Crippen molar-refractivity contribution in [3.63, 3.8) is 0 Å². The van der Waals surface area contributed by atoms with Crippen molar-refractivity contribution >= 4 is 66.0 Å². The van der Waals surface area contributed by atoms with Crippen molar-refractivity contribution in [2.75, 3.05) is 12.4 Å². The first-order valence-corrected chi connectivity index (χ1v) is 10.1. The van der Waals surface area contributed by atoms with Crippen molar-refractivity contribution in [1.29, 1.82) is 0 Å². The quantitative estimate of drug-likeness (QED) is 0.605. The van der Waals surface area contributed by atoms with Crippen LogP contribution in [0.5, 0.6) is 5.75 Å². The third-order valence-electron chi connectivity index (χ3n) is 3.18. The van der Waals surface area contributed by atoms with Crippen molar-refractivity contribution in [1.82, 2.24) is 10.3 Å². The Morgan fingerprint density at radius 1 is 1.19 bits per heavy atom. The van der Waals surface area contributed by atoms with E-state index in [0.29, 0.717) is 15.3 Å². The third kappa shape index (κ3) is 3.85. The zero-order chi connectivity index (χ0) is 18.9. The highest BCUT2D eigenvalue weighted by molar-refractivity contribution is 7.87. The summed E-state index contributed by atoms with van der Waals surface area (Å²) in [6.07, 6.45) is 0. The molecule has 0 bridgehead atoms. The molecule has 3 aromatic rings. The van der Waals surface area contributed by atoms with Crippen molar-refractivity contribution in [2.24, 2.45) is 0 Å². The van der Waals surface area contributed by atoms with Crippen LogP contribution >= 0.6 is 34.5 Å². The first kappa shape index (κ1) is 18.7. The second-order valence-electron chi connectivity index (χ2n) is 4.94. The molecule has 0 saturated carbocycles. The van der Waals surface area contributed by atoms with Gasteiger partial charge in [0.15, 0.2) is 5.13 Å². The molecule has 136 valence electrons. The molecule has 2 N–H and O–H groups in total. The fraction of sp³-hybridized carbons (Fsp3) is 0.0667. The number of hydrogen-bond donors (Lipinski definition) is 2. The number of hydrogen-bond acceptors (Lipinski definition) is 6. The number of aromatic nitrogens is 1. The zero-order valence-corrected chi connectivity index (χ0v) is 16.3. The molecule has 7 nitrogen and oxygen atoms in total. The van der Waals surface area contributed by atoms with Crippen molar-refractivity contribution < 1.29 is 17.4 Å². The van der Waals surface area contributed by atoms with E-state index in [1.54, 1.807) is 6.07 Å². The van der Waals surface area contributed by atoms with Gasteiger partial charge >= 0.3 is 16.1 Å². The molecule has 0 spiro atoms. The van der Waals surface area contributed by atoms with Crippen molar-refractivity contribution in [3.05, 3.63) is 46.4 Å². The molecule has 11 heteroatoms. The summed E-state index contributed by atoms with van der Waals surface area (Å²) in [5, 5.41) is 5.27. The summed E-state index contributed by atoms with van der Waals surface area (Å²) in [6, 6.07) is 8.49. The Morgan fingerprint density at radius 2 is 1.88 bits per heavy atom. The van der Waals surface area contributed by atoms with Crippen LogP contribution in [0, 0.1) is 0 Å². The van der Waals surface area contributed by atoms with Gasteiger partial charge in [0.1, 0.15) is 10.6 Å². The minimum atomic E-state index is -4.22. The van der Waals surface area contributed by atoms with Gasteiger partial charge in [-0.3, -0.25) is 5.32 Å². The molecular formula is C15H11Cl2N3O4S2. The standard InChI is InChI=1S/C15H11Cl2N3O4S2/c1-18-14(21)20-15-19-11-6-5-8(7-12(11)25-15)24-26(22,23)13-9(16)3-2-4-10(13)17/h2-7H,1H3,(H2,18,19,20,21). The highest BCUT2D eigenvalue weighted by Gasteiger charge is 2.24. The molecule has 0 fully saturated rings. The van der Waals surface area contributed by atoms with Crippen LogP contribution < -0.4 is 14.8 Å². The Bertz CT molecular complexity index is 1080. The van der Waals surface area contributed by atoms with Crippen molar-refractivity contribution in [3.8, 4) is 5.75 Å². The highest BCUT2D eigenvalue weighted by Crippen LogP contribution is 2.33. The average Bonchev–Trinajstić information content (AvgIpc) is 2.95. The number of rotatable bonds is 4. The van der Waals surface area contributed by atoms with Gasteiger partial charge in [-0.25, -0.2) is 9.78 Å². The predicted octanol–water partition coefficient (Wildman–Crippen LogP) is 4.12. The molecule has 2 aromatic carbocycles. The van der Waals surface area contributed by atoms with Crippen LogP contribution in [0.15, 0.2) is 41.3 Å². The molecule has 0 saturated heterocycles. The number of anilines is 1. The van der Waals surface area contributed by atoms with Crippen LogP contribution in [0.1, 0.15) is 0 Å². The van der Waals surface area contributed by atoms with E-state index in [0.717, 1.165) is 0 Å². The maximum Gasteiger partial charge on any atom is 0.342 e. The first-order valence-electron chi connectivity index (χ1n) is 7.08. The Morgan fingerprint density at radius 3 is 2.54 bits per heavy atom. The molecule has 0 unspecified atom stereocenters. The van der Waals surface area contributed by atoms with Crippen LogP contribution in [-0.4, -0.2) is 26.5 Å². The number of halogens is 2. The van der Waals surface area contributed by atoms with Gasteiger partial charge in [-0.1, -0.05) is 40.6 Å². The van der Waals surface area contributed by atoms with E-state index >= 15 is 0 Å². The van der Waals surface area contributed by atoms with Gasteiger partial charge in [-0.2, -0.15) is 8.42 Å². The molecule has 1 aromatic heterocycles. The number of nitrogens with one attached hydrogen (secondary N) is 2. The normalized spacial score (nSPS) is 11.3. The summed E-state index contributed by atoms with van der Waals surface area (Å²) in [5.41, 5.74) is 0.585. The van der Waals surface area contributed by atoms with E-state index in [1.165, 1.54) is 48.7 Å². The molecule has 3 rings (SSSR count). The SMILES string of the molecule is CNC(=O)Nc1nc2ccc(OS(=O)(=O)c3c(Cl)cccc3Cl)cc2s1. The molecule has 0 aliphatic carbocycles. The fourth-order valence-corrected chi connectivity index (χ4v) is 4.97. The number of thiazole rings is 1. The molecule has 2 amide bonds. The summed E-state index contributed by atoms with van der Waals surface area (Å²) in [7, 11) is -2.73. The molecule has 0 atom stereocenters. The largest absolute Gasteiger partial charge is 0.379 e. The van der Waals surface area contributed by atoms with E-state index in [4.69, 9.17) is 27.4 Å². The smallest absolute Gasteiger partial charge is 0.342 e. The van der Waals surface area contributed by atoms with Gasteiger partial charge in [-0.15, -0.1) is 0 Å². The third-order valence-corrected chi connectivity index (χ3v) is 6.32. The summed E-state index contributed by atoms with van der Waals surface area (Å²) in [4.78, 5) is 15.3. The lowest BCUT2D eigenvalue weighted by Crippen LogP contribution is -2.24. The highest BCUT2D eigenvalue weighted by atomic mass is 35.5. The van der Waals surface area contributed by atoms with E-state index in [1.807, 2.05) is 0 Å². The van der Waals surface area contributed by atoms with Gasteiger partial charge in [0, 0.05) is 13.1 Å². The van der Waals surface area contributed by atoms with Gasteiger partial charge in [0.05, 0.1) is 20.3 Å². The van der Waals surface area contributed by atoms with E-state index in [9.17, 15) is 13.2 Å². The van der Waals surface area contributed by atoms with Crippen LogP contribution in [0.2, 0.25) is 10.0 Å². The predicted molar refractivity (Wildman–Crippen MR) is 102 cm³/mol. The molecular weight excluding hydrogens is 421 g/mol. The monoisotopic (exact) mass is 431 g/mol. The Hall–Kier alpha value is -2.07. The van der Waals surface area contributed by atoms with E-state index in [2.05, 4.69) is 15.6 Å². The Balaban J connectivity index is 1.92. The van der Waals surface area contributed by atoms with Gasteiger partial charge in [-0.05, 0) is 24.3 Å². The summed E-state index contributed by atoms with van der Waals surface area (Å²) < 4.78 is 30.8. The topological polar surface area (TPSA) is 97.4 Å². The molecule has 26 heavy (non-hydrogen) atoms. The lowest BCUT2D eigenvalue weighted by molar-refractivity contribution is 0.254. The number of fused-ring (bicyclic) bond motifs is 1. The van der Waals surface area contributed by atoms with Crippen LogP contribution in [-0.2, 0) is 10.1 Å². The number of carbonyl (C=O) groups excluding carboxylic acids is 1. The fourth-order valence-electron chi connectivity index (χ4n) is 2.06. The van der Waals surface area contributed by atoms with Gasteiger partial charge in [0.25, 0.3) is 0 Å². The molecule has 0 aliphatic rings. The van der Waals surface area contributed by atoms with E-state index < -0.39 is 16.1 Å². The zero-order valence-electron chi connectivity index (χ0n) is 13.1. The maximum atomic E-state index is 12.5. The summed E-state index contributed by atoms with van der Waals surface area (Å²) in [5.74, 6) is 0.0728. The number of amides is 2. The maximum absolute atomic E-state index is 12.5. The summed E-state index contributed by atoms with van der Waals surface area (Å²) in [6.45, 7) is 0. The number of benzene rings is 2. The first-order chi connectivity index (χ1) is 12.3. The average molecular weight is 432 g/mol. The van der Waals surface area contributed by atoms with Crippen LogP contribution in [0.3, 0.4) is 0 Å². The number of urea groups is 1. The number of nitrogens with zero attached hydrogens (tertiary/aromatic N) is 1. The Kier molecular flexibility index (Phi) is 5.24. The minimum Gasteiger partial charge on any atom is -0.379 e. The minimum absolute atomic E-state index is 0.0339. The molecule has 1 heterocycles. The van der Waals surface area contributed by atoms with Crippen LogP contribution in [0.25, 0.3) is 10.2 Å². The molecule has 0 aliphatic heterocycles. The van der Waals surface area contributed by atoms with Crippen molar-refractivity contribution in [2.45, 2.75) is 4.90 Å². The number of carbonyl (C=O) groups is 1. The second kappa shape index (κ2) is 7.28. The Labute approximate surface area is 163 Å². The lowest BCUT2D eigenvalue weighted by Gasteiger charge is -2.09. The second-order valence-corrected chi connectivity index (χ2v) is 8.27. The van der Waals surface area contributed by atoms with Gasteiger partial charge in [0.2, 0.25) is 0 Å². The lowest BCUT2D eigenvalue weighted by atomic mass is 10.3. The van der Waals surface area contributed by atoms with Crippen LogP contribution in [0.4, 0.5) is 9.93 Å². The van der Waals surface area contributed by atoms with Gasteiger partial charge < -0.3 is 9.50 Å². The summed E-state index contributed by atoms with van der Waals surface area (Å²) >= 11 is 13.1. The van der Waals surface area contributed by atoms with E-state index in [-0.39, 0.29) is 20.7 Å². The molecule has 0 radical (unpaired) electrons.